The van der Waals surface area contributed by atoms with Crippen LogP contribution in [0.15, 0.2) is 97.3 Å². The highest BCUT2D eigenvalue weighted by Crippen LogP contribution is 2.42. The van der Waals surface area contributed by atoms with Gasteiger partial charge in [-0.25, -0.2) is 9.97 Å². The second-order valence-corrected chi connectivity index (χ2v) is 18.5. The molecule has 6 heterocycles. The standard InChI is InChI=1S/C46H46N8O4S2/c55-43(29-15-16-29)51-39(27-9-3-1-4-10-27)45(57)53-23-7-13-33(53)41-47-25-31(49-41)35-19-21-37(59-35)38-22-20-36(60-38)32-26-48-42(50-32)34-14-8-24-54(34)46(58)40(28-11-5-2-6-12-28)52-44(56)30-17-18-30/h1-6,9-12,19-22,25-26,29-30,33-34,39-40H,7-8,13-18,23-24H2,(H,47,49)(H,48,50)(H,51,55)(H,52,56)/t33-,34-,39-,40-/m0/s1. The van der Waals surface area contributed by atoms with E-state index in [1.807, 2.05) is 82.9 Å². The summed E-state index contributed by atoms with van der Waals surface area (Å²) in [5.41, 5.74) is 3.37. The van der Waals surface area contributed by atoms with Gasteiger partial charge in [0.25, 0.3) is 0 Å². The highest BCUT2D eigenvalue weighted by molar-refractivity contribution is 7.25. The van der Waals surface area contributed by atoms with E-state index in [4.69, 9.17) is 9.97 Å². The number of rotatable bonds is 13. The lowest BCUT2D eigenvalue weighted by atomic mass is 10.0. The summed E-state index contributed by atoms with van der Waals surface area (Å²) in [7, 11) is 0. The molecule has 12 nitrogen and oxygen atoms in total. The number of benzene rings is 2. The van der Waals surface area contributed by atoms with Crippen LogP contribution in [-0.4, -0.2) is 66.5 Å². The number of carbonyl (C=O) groups excluding carboxylic acids is 4. The third-order valence-electron chi connectivity index (χ3n) is 12.1. The van der Waals surface area contributed by atoms with E-state index in [2.05, 4.69) is 44.9 Å². The zero-order valence-corrected chi connectivity index (χ0v) is 34.6. The lowest BCUT2D eigenvalue weighted by molar-refractivity contribution is -0.138. The second kappa shape index (κ2) is 16.3. The Balaban J connectivity index is 0.819. The molecule has 0 unspecified atom stereocenters. The minimum atomic E-state index is -0.732. The number of imidazole rings is 2. The number of hydrogen-bond acceptors (Lipinski definition) is 8. The Kier molecular flexibility index (Phi) is 10.4. The number of likely N-dealkylation sites (tertiary alicyclic amines) is 2. The first kappa shape index (κ1) is 38.3. The number of carbonyl (C=O) groups is 4. The molecule has 2 aromatic carbocycles. The van der Waals surface area contributed by atoms with Crippen LogP contribution in [-0.2, 0) is 19.2 Å². The fraction of sp³-hybridized carbons (Fsp3) is 0.348. The predicted octanol–water partition coefficient (Wildman–Crippen LogP) is 8.12. The quantitative estimate of drug-likeness (QED) is 0.0921. The lowest BCUT2D eigenvalue weighted by Gasteiger charge is -2.28. The molecule has 2 saturated heterocycles. The number of nitrogens with zero attached hydrogens (tertiary/aromatic N) is 4. The minimum Gasteiger partial charge on any atom is -0.340 e. The van der Waals surface area contributed by atoms with Gasteiger partial charge in [0.2, 0.25) is 23.6 Å². The van der Waals surface area contributed by atoms with Crippen LogP contribution >= 0.6 is 22.7 Å². The molecule has 4 amide bonds. The molecular weight excluding hydrogens is 793 g/mol. The fourth-order valence-corrected chi connectivity index (χ4v) is 10.6. The van der Waals surface area contributed by atoms with Gasteiger partial charge in [0.15, 0.2) is 0 Å². The summed E-state index contributed by atoms with van der Waals surface area (Å²) in [4.78, 5) is 78.7. The van der Waals surface area contributed by atoms with Crippen molar-refractivity contribution in [2.75, 3.05) is 13.1 Å². The number of aromatic nitrogens is 4. The molecule has 14 heteroatoms. The van der Waals surface area contributed by atoms with Gasteiger partial charge < -0.3 is 30.4 Å². The van der Waals surface area contributed by atoms with Crippen LogP contribution in [0.3, 0.4) is 0 Å². The Morgan fingerprint density at radius 1 is 0.550 bits per heavy atom. The van der Waals surface area contributed by atoms with Gasteiger partial charge in [-0.15, -0.1) is 22.7 Å². The topological polar surface area (TPSA) is 156 Å². The first-order valence-electron chi connectivity index (χ1n) is 21.0. The van der Waals surface area contributed by atoms with Crippen LogP contribution in [0.25, 0.3) is 30.9 Å². The van der Waals surface area contributed by atoms with E-state index in [-0.39, 0.29) is 47.5 Å². The van der Waals surface area contributed by atoms with E-state index in [1.165, 1.54) is 0 Å². The molecule has 10 rings (SSSR count). The molecule has 60 heavy (non-hydrogen) atoms. The van der Waals surface area contributed by atoms with Crippen LogP contribution in [0.1, 0.15) is 98.3 Å². The maximum atomic E-state index is 14.1. The predicted molar refractivity (Wildman–Crippen MR) is 230 cm³/mol. The van der Waals surface area contributed by atoms with Gasteiger partial charge in [0, 0.05) is 34.7 Å². The third kappa shape index (κ3) is 7.81. The van der Waals surface area contributed by atoms with E-state index in [1.54, 1.807) is 22.7 Å². The summed E-state index contributed by atoms with van der Waals surface area (Å²) in [6, 6.07) is 25.6. The highest BCUT2D eigenvalue weighted by atomic mass is 32.1. The number of amides is 4. The van der Waals surface area contributed by atoms with Crippen molar-refractivity contribution < 1.29 is 19.2 Å². The van der Waals surface area contributed by atoms with Crippen LogP contribution in [0.2, 0.25) is 0 Å². The minimum absolute atomic E-state index is 0.000458. The van der Waals surface area contributed by atoms with Crippen molar-refractivity contribution in [1.82, 2.24) is 40.4 Å². The van der Waals surface area contributed by atoms with Gasteiger partial charge in [-0.2, -0.15) is 0 Å². The van der Waals surface area contributed by atoms with E-state index in [0.717, 1.165) is 105 Å². The van der Waals surface area contributed by atoms with E-state index in [9.17, 15) is 19.2 Å². The van der Waals surface area contributed by atoms with Crippen molar-refractivity contribution >= 4 is 46.3 Å². The van der Waals surface area contributed by atoms with Crippen LogP contribution in [0, 0.1) is 11.8 Å². The number of hydrogen-bond donors (Lipinski definition) is 4. The molecule has 0 radical (unpaired) electrons. The third-order valence-corrected chi connectivity index (χ3v) is 14.5. The molecule has 4 fully saturated rings. The average Bonchev–Trinajstić information content (AvgIpc) is 3.76. The van der Waals surface area contributed by atoms with Crippen LogP contribution in [0.5, 0.6) is 0 Å². The lowest BCUT2D eigenvalue weighted by Crippen LogP contribution is -2.43. The van der Waals surface area contributed by atoms with Gasteiger partial charge in [-0.1, -0.05) is 60.7 Å². The summed E-state index contributed by atoms with van der Waals surface area (Å²) in [6.45, 7) is 1.21. The van der Waals surface area contributed by atoms with Crippen LogP contribution in [0.4, 0.5) is 0 Å². The Bertz CT molecular complexity index is 2350. The molecule has 4 aliphatic rings. The average molecular weight is 839 g/mol. The zero-order valence-electron chi connectivity index (χ0n) is 33.0. The molecule has 306 valence electrons. The number of nitrogens with one attached hydrogen (secondary N) is 4. The first-order valence-corrected chi connectivity index (χ1v) is 22.6. The summed E-state index contributed by atoms with van der Waals surface area (Å²) < 4.78 is 0. The van der Waals surface area contributed by atoms with Gasteiger partial charge >= 0.3 is 0 Å². The normalized spacial score (nSPS) is 19.9. The molecule has 0 bridgehead atoms. The van der Waals surface area contributed by atoms with Gasteiger partial charge in [0.05, 0.1) is 45.6 Å². The maximum absolute atomic E-state index is 14.1. The van der Waals surface area contributed by atoms with Crippen molar-refractivity contribution in [2.24, 2.45) is 11.8 Å². The molecule has 4 N–H and O–H groups in total. The number of H-pyrrole nitrogens is 2. The molecular formula is C46H46N8O4S2. The molecule has 6 aromatic rings. The van der Waals surface area contributed by atoms with E-state index in [0.29, 0.717) is 13.1 Å². The molecule has 4 aromatic heterocycles. The van der Waals surface area contributed by atoms with Crippen molar-refractivity contribution in [2.45, 2.75) is 75.5 Å². The smallest absolute Gasteiger partial charge is 0.250 e. The monoisotopic (exact) mass is 838 g/mol. The van der Waals surface area contributed by atoms with Gasteiger partial charge in [-0.05, 0) is 86.8 Å². The van der Waals surface area contributed by atoms with Gasteiger partial charge in [-0.3, -0.25) is 19.2 Å². The molecule has 2 aliphatic heterocycles. The SMILES string of the molecule is O=C(N[C@H](C(=O)N1CCC[C@H]1c1ncc(-c2ccc(-c3ccc(-c4cnc([C@@H]5CCCN5C(=O)[C@@H](NC(=O)C5CC5)c5ccccc5)[nH]4)s3)s2)[nH]1)c1ccccc1)C1CC1. The Hall–Kier alpha value is -5.86. The number of aromatic amines is 2. The van der Waals surface area contributed by atoms with Gasteiger partial charge in [0.1, 0.15) is 23.7 Å². The Morgan fingerprint density at radius 3 is 1.35 bits per heavy atom. The zero-order chi connectivity index (χ0) is 40.7. The van der Waals surface area contributed by atoms with Crippen molar-refractivity contribution in [3.8, 4) is 30.9 Å². The summed E-state index contributed by atoms with van der Waals surface area (Å²) in [5, 5.41) is 6.11. The van der Waals surface area contributed by atoms with E-state index < -0.39 is 12.1 Å². The summed E-state index contributed by atoms with van der Waals surface area (Å²) >= 11 is 3.36. The molecule has 2 saturated carbocycles. The van der Waals surface area contributed by atoms with Crippen molar-refractivity contribution in [3.63, 3.8) is 0 Å². The summed E-state index contributed by atoms with van der Waals surface area (Å²) in [5.74, 6) is 1.19. The Labute approximate surface area is 355 Å². The molecule has 4 atom stereocenters. The largest absolute Gasteiger partial charge is 0.340 e. The number of thiophene rings is 2. The van der Waals surface area contributed by atoms with Crippen LogP contribution < -0.4 is 10.6 Å². The van der Waals surface area contributed by atoms with Crippen molar-refractivity contribution in [1.29, 1.82) is 0 Å². The highest BCUT2D eigenvalue weighted by Gasteiger charge is 2.41. The molecule has 0 spiro atoms. The van der Waals surface area contributed by atoms with E-state index >= 15 is 0 Å². The van der Waals surface area contributed by atoms with Crippen molar-refractivity contribution in [3.05, 3.63) is 120 Å². The fourth-order valence-electron chi connectivity index (χ4n) is 8.53. The second-order valence-electron chi connectivity index (χ2n) is 16.3. The first-order chi connectivity index (χ1) is 29.4. The Morgan fingerprint density at radius 2 is 0.950 bits per heavy atom. The summed E-state index contributed by atoms with van der Waals surface area (Å²) in [6.07, 6.45) is 10.5. The molecule has 2 aliphatic carbocycles. The maximum Gasteiger partial charge on any atom is 0.250 e.